The highest BCUT2D eigenvalue weighted by Crippen LogP contribution is 2.35. The van der Waals surface area contributed by atoms with Crippen LogP contribution in [0.3, 0.4) is 0 Å². The van der Waals surface area contributed by atoms with Crippen LogP contribution < -0.4 is 10.9 Å². The summed E-state index contributed by atoms with van der Waals surface area (Å²) in [6, 6.07) is 10.9. The number of carbonyl (C=O) groups excluding carboxylic acids is 1. The Morgan fingerprint density at radius 1 is 1.38 bits per heavy atom. The molecule has 1 amide bonds. The number of amides is 1. The second kappa shape index (κ2) is 7.63. The third-order valence-electron chi connectivity index (χ3n) is 3.87. The number of hydrogen-bond donors (Lipinski definition) is 1. The first kappa shape index (κ1) is 16.7. The van der Waals surface area contributed by atoms with E-state index in [0.29, 0.717) is 13.2 Å². The lowest BCUT2D eigenvalue weighted by Crippen LogP contribution is -2.33. The van der Waals surface area contributed by atoms with Gasteiger partial charge in [-0.25, -0.2) is 4.68 Å². The van der Waals surface area contributed by atoms with Gasteiger partial charge in [-0.2, -0.15) is 5.10 Å². The molecule has 6 nitrogen and oxygen atoms in total. The maximum absolute atomic E-state index is 12.5. The summed E-state index contributed by atoms with van der Waals surface area (Å²) in [5.74, 6) is 0.691. The summed E-state index contributed by atoms with van der Waals surface area (Å²) in [5.41, 5.74) is 1.12. The highest BCUT2D eigenvalue weighted by atomic mass is 32.2. The predicted molar refractivity (Wildman–Crippen MR) is 92.4 cm³/mol. The minimum absolute atomic E-state index is 0.0314. The average Bonchev–Trinajstić information content (AvgIpc) is 2.61. The van der Waals surface area contributed by atoms with Gasteiger partial charge in [-0.05, 0) is 24.1 Å². The Kier molecular flexibility index (Phi) is 5.32. The Hall–Kier alpha value is -2.12. The molecule has 1 aromatic heterocycles. The number of aromatic nitrogens is 2. The molecule has 1 aliphatic heterocycles. The van der Waals surface area contributed by atoms with Gasteiger partial charge >= 0.3 is 0 Å². The molecule has 0 bridgehead atoms. The van der Waals surface area contributed by atoms with Gasteiger partial charge in [-0.3, -0.25) is 9.59 Å². The summed E-state index contributed by atoms with van der Waals surface area (Å²) in [6.45, 7) is 0.685. The van der Waals surface area contributed by atoms with Gasteiger partial charge in [0.25, 0.3) is 11.5 Å². The van der Waals surface area contributed by atoms with Crippen LogP contribution in [0.4, 0.5) is 0 Å². The van der Waals surface area contributed by atoms with E-state index in [9.17, 15) is 9.59 Å². The SMILES string of the molecule is COCCn1nc(C(=O)NC2CCSc3ccccc32)ccc1=O. The van der Waals surface area contributed by atoms with Crippen LogP contribution in [0, 0.1) is 0 Å². The molecular formula is C17H19N3O3S. The van der Waals surface area contributed by atoms with Gasteiger partial charge in [0, 0.05) is 23.8 Å². The van der Waals surface area contributed by atoms with Crippen LogP contribution in [-0.4, -0.2) is 35.2 Å². The first-order valence-corrected chi connectivity index (χ1v) is 8.77. The number of carbonyl (C=O) groups is 1. The number of rotatable bonds is 5. The van der Waals surface area contributed by atoms with E-state index in [-0.39, 0.29) is 23.2 Å². The van der Waals surface area contributed by atoms with Gasteiger partial charge in [-0.1, -0.05) is 18.2 Å². The molecule has 0 saturated heterocycles. The van der Waals surface area contributed by atoms with Gasteiger partial charge in [-0.15, -0.1) is 11.8 Å². The normalized spacial score (nSPS) is 16.5. The molecule has 24 heavy (non-hydrogen) atoms. The maximum Gasteiger partial charge on any atom is 0.272 e. The van der Waals surface area contributed by atoms with E-state index in [1.165, 1.54) is 21.7 Å². The summed E-state index contributed by atoms with van der Waals surface area (Å²) >= 11 is 1.80. The van der Waals surface area contributed by atoms with Crippen LogP contribution in [0.1, 0.15) is 28.5 Å². The second-order valence-corrected chi connectivity index (χ2v) is 6.61. The van der Waals surface area contributed by atoms with E-state index >= 15 is 0 Å². The van der Waals surface area contributed by atoms with Crippen LogP contribution in [0.2, 0.25) is 0 Å². The van der Waals surface area contributed by atoms with E-state index in [1.54, 1.807) is 18.9 Å². The Morgan fingerprint density at radius 3 is 3.04 bits per heavy atom. The van der Waals surface area contributed by atoms with Crippen molar-refractivity contribution in [2.24, 2.45) is 0 Å². The average molecular weight is 345 g/mol. The molecule has 7 heteroatoms. The first-order valence-electron chi connectivity index (χ1n) is 7.79. The van der Waals surface area contributed by atoms with Crippen molar-refractivity contribution in [1.29, 1.82) is 0 Å². The highest BCUT2D eigenvalue weighted by Gasteiger charge is 2.23. The monoisotopic (exact) mass is 345 g/mol. The minimum atomic E-state index is -0.270. The molecule has 2 heterocycles. The molecule has 0 spiro atoms. The number of nitrogens with zero attached hydrogens (tertiary/aromatic N) is 2. The van der Waals surface area contributed by atoms with Crippen molar-refractivity contribution in [3.05, 3.63) is 58.0 Å². The lowest BCUT2D eigenvalue weighted by Gasteiger charge is -2.25. The molecule has 0 radical (unpaired) electrons. The van der Waals surface area contributed by atoms with Crippen LogP contribution in [0.15, 0.2) is 46.1 Å². The quantitative estimate of drug-likeness (QED) is 0.895. The molecule has 126 valence electrons. The summed E-state index contributed by atoms with van der Waals surface area (Å²) in [6.07, 6.45) is 0.872. The lowest BCUT2D eigenvalue weighted by atomic mass is 10.0. The zero-order chi connectivity index (χ0) is 16.9. The van der Waals surface area contributed by atoms with Crippen LogP contribution in [0.5, 0.6) is 0 Å². The van der Waals surface area contributed by atoms with Crippen molar-refractivity contribution in [2.75, 3.05) is 19.5 Å². The van der Waals surface area contributed by atoms with Crippen molar-refractivity contribution in [3.8, 4) is 0 Å². The number of hydrogen-bond acceptors (Lipinski definition) is 5. The summed E-state index contributed by atoms with van der Waals surface area (Å²) in [4.78, 5) is 25.5. The third-order valence-corrected chi connectivity index (χ3v) is 4.99. The number of fused-ring (bicyclic) bond motifs is 1. The van der Waals surface area contributed by atoms with E-state index in [4.69, 9.17) is 4.74 Å². The van der Waals surface area contributed by atoms with Crippen molar-refractivity contribution in [3.63, 3.8) is 0 Å². The van der Waals surface area contributed by atoms with Crippen molar-refractivity contribution < 1.29 is 9.53 Å². The fourth-order valence-electron chi connectivity index (χ4n) is 2.63. The molecule has 1 N–H and O–H groups in total. The number of thioether (sulfide) groups is 1. The molecule has 0 fully saturated rings. The van der Waals surface area contributed by atoms with Crippen molar-refractivity contribution >= 4 is 17.7 Å². The first-order chi connectivity index (χ1) is 11.7. The van der Waals surface area contributed by atoms with Crippen molar-refractivity contribution in [1.82, 2.24) is 15.1 Å². The number of methoxy groups -OCH3 is 1. The van der Waals surface area contributed by atoms with E-state index in [1.807, 2.05) is 18.2 Å². The number of nitrogens with one attached hydrogen (secondary N) is 1. The number of ether oxygens (including phenoxy) is 1. The van der Waals surface area contributed by atoms with E-state index in [0.717, 1.165) is 17.7 Å². The molecule has 0 aliphatic carbocycles. The van der Waals surface area contributed by atoms with Crippen LogP contribution in [0.25, 0.3) is 0 Å². The fourth-order valence-corrected chi connectivity index (χ4v) is 3.76. The van der Waals surface area contributed by atoms with Crippen LogP contribution >= 0.6 is 11.8 Å². The molecule has 1 atom stereocenters. The van der Waals surface area contributed by atoms with Crippen LogP contribution in [-0.2, 0) is 11.3 Å². The van der Waals surface area contributed by atoms with Gasteiger partial charge in [0.15, 0.2) is 0 Å². The van der Waals surface area contributed by atoms with Crippen molar-refractivity contribution in [2.45, 2.75) is 23.9 Å². The van der Waals surface area contributed by atoms with Gasteiger partial charge in [0.1, 0.15) is 5.69 Å². The molecule has 2 aromatic rings. The van der Waals surface area contributed by atoms with E-state index < -0.39 is 0 Å². The predicted octanol–water partition coefficient (Wildman–Crippen LogP) is 1.86. The summed E-state index contributed by atoms with van der Waals surface area (Å²) in [5, 5.41) is 7.17. The Balaban J connectivity index is 1.77. The highest BCUT2D eigenvalue weighted by molar-refractivity contribution is 7.99. The minimum Gasteiger partial charge on any atom is -0.383 e. The second-order valence-electron chi connectivity index (χ2n) is 5.47. The molecule has 0 saturated carbocycles. The largest absolute Gasteiger partial charge is 0.383 e. The molecule has 1 aromatic carbocycles. The summed E-state index contributed by atoms with van der Waals surface area (Å²) in [7, 11) is 1.56. The number of benzene rings is 1. The zero-order valence-corrected chi connectivity index (χ0v) is 14.2. The Labute approximate surface area is 144 Å². The molecule has 3 rings (SSSR count). The van der Waals surface area contributed by atoms with Gasteiger partial charge in [0.05, 0.1) is 19.2 Å². The Morgan fingerprint density at radius 2 is 2.21 bits per heavy atom. The maximum atomic E-state index is 12.5. The lowest BCUT2D eigenvalue weighted by molar-refractivity contribution is 0.0926. The van der Waals surface area contributed by atoms with Gasteiger partial charge in [0.2, 0.25) is 0 Å². The standard InChI is InChI=1S/C17H19N3O3S/c1-23-10-9-20-16(21)7-6-14(19-20)17(22)18-13-8-11-24-15-5-3-2-4-12(13)15/h2-7,13H,8-11H2,1H3,(H,18,22). The zero-order valence-electron chi connectivity index (χ0n) is 13.4. The summed E-state index contributed by atoms with van der Waals surface area (Å²) < 4.78 is 6.21. The third kappa shape index (κ3) is 3.68. The smallest absolute Gasteiger partial charge is 0.272 e. The Bertz CT molecular complexity index is 791. The van der Waals surface area contributed by atoms with Gasteiger partial charge < -0.3 is 10.1 Å². The fraction of sp³-hybridized carbons (Fsp3) is 0.353. The molecule has 1 aliphatic rings. The molecular weight excluding hydrogens is 326 g/mol. The topological polar surface area (TPSA) is 73.2 Å². The van der Waals surface area contributed by atoms with E-state index in [2.05, 4.69) is 16.5 Å². The molecule has 1 unspecified atom stereocenters.